The van der Waals surface area contributed by atoms with Crippen molar-refractivity contribution in [3.8, 4) is 0 Å². The van der Waals surface area contributed by atoms with E-state index in [2.05, 4.69) is 11.7 Å². The van der Waals surface area contributed by atoms with Crippen LogP contribution in [0.4, 0.5) is 0 Å². The molecule has 0 saturated carbocycles. The molecule has 0 aliphatic heterocycles. The molecule has 18 heavy (non-hydrogen) atoms. The number of esters is 2. The fourth-order valence-corrected chi connectivity index (χ4v) is 1.30. The quantitative estimate of drug-likeness (QED) is 0.549. The molecule has 0 fully saturated rings. The molecular formula is C14H17O4. The number of hydrogen-bond donors (Lipinski definition) is 0. The molecule has 0 bridgehead atoms. The van der Waals surface area contributed by atoms with Crippen LogP contribution in [-0.2, 0) is 25.7 Å². The first-order valence-electron chi connectivity index (χ1n) is 5.87. The van der Waals surface area contributed by atoms with E-state index in [-0.39, 0.29) is 13.0 Å². The second kappa shape index (κ2) is 8.42. The molecule has 0 saturated heterocycles. The van der Waals surface area contributed by atoms with Crippen LogP contribution < -0.4 is 0 Å². The highest BCUT2D eigenvalue weighted by molar-refractivity contribution is 5.85. The molecule has 0 aliphatic rings. The minimum Gasteiger partial charge on any atom is -0.391 e. The van der Waals surface area contributed by atoms with Gasteiger partial charge in [-0.15, -0.1) is 0 Å². The zero-order chi connectivity index (χ0) is 13.2. The van der Waals surface area contributed by atoms with Gasteiger partial charge in [-0.2, -0.15) is 0 Å². The molecule has 0 amide bonds. The summed E-state index contributed by atoms with van der Waals surface area (Å²) in [5.74, 6) is -1.17. The Hall–Kier alpha value is -1.68. The van der Waals surface area contributed by atoms with Crippen molar-refractivity contribution >= 4 is 11.9 Å². The summed E-state index contributed by atoms with van der Waals surface area (Å²) in [6, 6.07) is 9.47. The third-order valence-corrected chi connectivity index (χ3v) is 2.19. The number of unbranched alkanes of at least 4 members (excludes halogenated alkanes) is 1. The van der Waals surface area contributed by atoms with Gasteiger partial charge in [0.1, 0.15) is 6.61 Å². The Kier molecular flexibility index (Phi) is 6.72. The molecule has 4 nitrogen and oxygen atoms in total. The van der Waals surface area contributed by atoms with Gasteiger partial charge in [-0.3, -0.25) is 4.79 Å². The molecule has 0 aromatic heterocycles. The average molecular weight is 249 g/mol. The summed E-state index contributed by atoms with van der Waals surface area (Å²) in [5.41, 5.74) is 0.966. The first kappa shape index (κ1) is 14.4. The molecular weight excluding hydrogens is 232 g/mol. The van der Waals surface area contributed by atoms with Crippen molar-refractivity contribution in [2.24, 2.45) is 0 Å². The molecule has 1 radical (unpaired) electrons. The maximum atomic E-state index is 11.2. The number of hydrogen-bond acceptors (Lipinski definition) is 4. The van der Waals surface area contributed by atoms with Crippen LogP contribution in [0, 0.1) is 6.92 Å². The summed E-state index contributed by atoms with van der Waals surface area (Å²) in [5, 5.41) is 0. The number of carbonyl (C=O) groups is 2. The maximum Gasteiger partial charge on any atom is 0.339 e. The van der Waals surface area contributed by atoms with Gasteiger partial charge < -0.3 is 9.47 Å². The Morgan fingerprint density at radius 3 is 2.50 bits per heavy atom. The lowest BCUT2D eigenvalue weighted by Crippen LogP contribution is -2.17. The second-order valence-electron chi connectivity index (χ2n) is 3.78. The SMILES string of the molecule is [CH2]CCCC(=O)OC(=O)COCc1ccccc1. The molecule has 1 aromatic rings. The van der Waals surface area contributed by atoms with Crippen LogP contribution in [0.1, 0.15) is 24.8 Å². The molecule has 0 unspecified atom stereocenters. The summed E-state index contributed by atoms with van der Waals surface area (Å²) in [6.45, 7) is 3.71. The number of ether oxygens (including phenoxy) is 2. The van der Waals surface area contributed by atoms with E-state index < -0.39 is 11.9 Å². The fourth-order valence-electron chi connectivity index (χ4n) is 1.30. The third kappa shape index (κ3) is 6.15. The van der Waals surface area contributed by atoms with Crippen molar-refractivity contribution < 1.29 is 19.1 Å². The fraction of sp³-hybridized carbons (Fsp3) is 0.357. The van der Waals surface area contributed by atoms with E-state index in [4.69, 9.17) is 4.74 Å². The Labute approximate surface area is 107 Å². The van der Waals surface area contributed by atoms with Gasteiger partial charge in [-0.25, -0.2) is 4.79 Å². The van der Waals surface area contributed by atoms with E-state index in [9.17, 15) is 9.59 Å². The first-order chi connectivity index (χ1) is 8.72. The van der Waals surface area contributed by atoms with Crippen molar-refractivity contribution in [1.29, 1.82) is 0 Å². The lowest BCUT2D eigenvalue weighted by atomic mass is 10.2. The van der Waals surface area contributed by atoms with Gasteiger partial charge in [0.05, 0.1) is 6.61 Å². The standard InChI is InChI=1S/C14H17O4/c1-2-3-9-13(15)18-14(16)11-17-10-12-7-5-4-6-8-12/h4-8H,1-3,9-11H2. The first-order valence-corrected chi connectivity index (χ1v) is 5.87. The lowest BCUT2D eigenvalue weighted by molar-refractivity contribution is -0.163. The lowest BCUT2D eigenvalue weighted by Gasteiger charge is -2.04. The average Bonchev–Trinajstić information content (AvgIpc) is 2.37. The minimum absolute atomic E-state index is 0.216. The maximum absolute atomic E-state index is 11.2. The van der Waals surface area contributed by atoms with Gasteiger partial charge >= 0.3 is 11.9 Å². The van der Waals surface area contributed by atoms with Crippen molar-refractivity contribution in [2.75, 3.05) is 6.61 Å². The van der Waals surface area contributed by atoms with Crippen molar-refractivity contribution in [3.05, 3.63) is 42.8 Å². The van der Waals surface area contributed by atoms with Crippen LogP contribution in [-0.4, -0.2) is 18.5 Å². The van der Waals surface area contributed by atoms with Crippen LogP contribution in [0.5, 0.6) is 0 Å². The Balaban J connectivity index is 2.15. The Bertz CT molecular complexity index is 373. The summed E-state index contributed by atoms with van der Waals surface area (Å²) in [6.07, 6.45) is 1.48. The van der Waals surface area contributed by atoms with Crippen LogP contribution >= 0.6 is 0 Å². The summed E-state index contributed by atoms with van der Waals surface area (Å²) in [7, 11) is 0. The van der Waals surface area contributed by atoms with E-state index in [1.54, 1.807) is 0 Å². The molecule has 0 atom stereocenters. The van der Waals surface area contributed by atoms with E-state index in [1.807, 2.05) is 30.3 Å². The third-order valence-electron chi connectivity index (χ3n) is 2.19. The molecule has 97 valence electrons. The van der Waals surface area contributed by atoms with Crippen LogP contribution in [0.2, 0.25) is 0 Å². The largest absolute Gasteiger partial charge is 0.391 e. The summed E-state index contributed by atoms with van der Waals surface area (Å²) < 4.78 is 9.71. The van der Waals surface area contributed by atoms with Crippen LogP contribution in [0.25, 0.3) is 0 Å². The highest BCUT2D eigenvalue weighted by atomic mass is 16.6. The second-order valence-corrected chi connectivity index (χ2v) is 3.78. The molecule has 0 heterocycles. The number of carbonyl (C=O) groups excluding carboxylic acids is 2. The highest BCUT2D eigenvalue weighted by Crippen LogP contribution is 2.01. The van der Waals surface area contributed by atoms with E-state index in [1.165, 1.54) is 0 Å². The number of rotatable bonds is 7. The zero-order valence-corrected chi connectivity index (χ0v) is 10.3. The predicted octanol–water partition coefficient (Wildman–Crippen LogP) is 2.28. The van der Waals surface area contributed by atoms with Gasteiger partial charge in [0.2, 0.25) is 0 Å². The van der Waals surface area contributed by atoms with E-state index in [0.717, 1.165) is 5.56 Å². The Morgan fingerprint density at radius 1 is 1.11 bits per heavy atom. The van der Waals surface area contributed by atoms with Crippen molar-refractivity contribution in [2.45, 2.75) is 25.9 Å². The summed E-state index contributed by atoms with van der Waals surface area (Å²) in [4.78, 5) is 22.3. The van der Waals surface area contributed by atoms with E-state index in [0.29, 0.717) is 19.4 Å². The number of benzene rings is 1. The highest BCUT2D eigenvalue weighted by Gasteiger charge is 2.09. The monoisotopic (exact) mass is 249 g/mol. The molecule has 0 aliphatic carbocycles. The van der Waals surface area contributed by atoms with Gasteiger partial charge in [0.15, 0.2) is 0 Å². The van der Waals surface area contributed by atoms with Crippen molar-refractivity contribution in [3.63, 3.8) is 0 Å². The van der Waals surface area contributed by atoms with Crippen LogP contribution in [0.15, 0.2) is 30.3 Å². The molecule has 0 spiro atoms. The van der Waals surface area contributed by atoms with Gasteiger partial charge in [0, 0.05) is 6.42 Å². The smallest absolute Gasteiger partial charge is 0.339 e. The van der Waals surface area contributed by atoms with Gasteiger partial charge in [0.25, 0.3) is 0 Å². The molecule has 1 rings (SSSR count). The van der Waals surface area contributed by atoms with Crippen molar-refractivity contribution in [1.82, 2.24) is 0 Å². The van der Waals surface area contributed by atoms with E-state index >= 15 is 0 Å². The van der Waals surface area contributed by atoms with Gasteiger partial charge in [-0.05, 0) is 12.0 Å². The molecule has 0 N–H and O–H groups in total. The predicted molar refractivity (Wildman–Crippen MR) is 66.4 cm³/mol. The van der Waals surface area contributed by atoms with Crippen LogP contribution in [0.3, 0.4) is 0 Å². The summed E-state index contributed by atoms with van der Waals surface area (Å²) >= 11 is 0. The normalized spacial score (nSPS) is 10.1. The minimum atomic E-state index is -0.653. The molecule has 1 aromatic carbocycles. The zero-order valence-electron chi connectivity index (χ0n) is 10.3. The Morgan fingerprint density at radius 2 is 1.83 bits per heavy atom. The topological polar surface area (TPSA) is 52.6 Å². The van der Waals surface area contributed by atoms with Gasteiger partial charge in [-0.1, -0.05) is 43.7 Å². The molecule has 4 heteroatoms.